The van der Waals surface area contributed by atoms with E-state index in [9.17, 15) is 14.4 Å². The monoisotopic (exact) mass is 440 g/mol. The number of hydrogen-bond acceptors (Lipinski definition) is 6. The van der Waals surface area contributed by atoms with Crippen LogP contribution in [-0.2, 0) is 27.4 Å². The smallest absolute Gasteiger partial charge is 0.255 e. The molecule has 0 bridgehead atoms. The van der Waals surface area contributed by atoms with E-state index in [0.29, 0.717) is 25.1 Å². The molecule has 32 heavy (non-hydrogen) atoms. The number of benzene rings is 1. The molecule has 3 amide bonds. The zero-order chi connectivity index (χ0) is 22.1. The van der Waals surface area contributed by atoms with E-state index in [1.165, 1.54) is 6.42 Å². The third-order valence-corrected chi connectivity index (χ3v) is 7.28. The molecule has 0 aromatic heterocycles. The van der Waals surface area contributed by atoms with Gasteiger partial charge in [0.2, 0.25) is 11.8 Å². The molecule has 2 N–H and O–H groups in total. The summed E-state index contributed by atoms with van der Waals surface area (Å²) in [7, 11) is 0. The van der Waals surface area contributed by atoms with Crippen molar-refractivity contribution in [3.8, 4) is 0 Å². The lowest BCUT2D eigenvalue weighted by Crippen LogP contribution is -2.52. The Hall–Kier alpha value is -2.29. The maximum absolute atomic E-state index is 13.3. The number of nitrogens with zero attached hydrogens (tertiary/aromatic N) is 2. The Morgan fingerprint density at radius 1 is 1.09 bits per heavy atom. The molecule has 172 valence electrons. The van der Waals surface area contributed by atoms with Gasteiger partial charge in [-0.05, 0) is 56.3 Å². The zero-order valence-corrected chi connectivity index (χ0v) is 18.5. The number of imide groups is 1. The average molecular weight is 441 g/mol. The van der Waals surface area contributed by atoms with Crippen LogP contribution in [0, 0.1) is 0 Å². The second kappa shape index (κ2) is 9.29. The minimum atomic E-state index is -0.564. The fraction of sp³-hybridized carbons (Fsp3) is 0.625. The Morgan fingerprint density at radius 2 is 1.94 bits per heavy atom. The van der Waals surface area contributed by atoms with E-state index in [-0.39, 0.29) is 24.1 Å². The third-order valence-electron chi connectivity index (χ3n) is 7.28. The Bertz CT molecular complexity index is 890. The lowest BCUT2D eigenvalue weighted by Gasteiger charge is -2.33. The van der Waals surface area contributed by atoms with Crippen molar-refractivity contribution in [2.45, 2.75) is 69.8 Å². The Balaban J connectivity index is 1.18. The summed E-state index contributed by atoms with van der Waals surface area (Å²) in [6, 6.07) is 5.98. The van der Waals surface area contributed by atoms with E-state index in [1.54, 1.807) is 4.90 Å². The first-order chi connectivity index (χ1) is 15.6. The summed E-state index contributed by atoms with van der Waals surface area (Å²) in [6.07, 6.45) is 5.57. The van der Waals surface area contributed by atoms with E-state index < -0.39 is 6.04 Å². The summed E-state index contributed by atoms with van der Waals surface area (Å²) in [5, 5.41) is 6.04. The van der Waals surface area contributed by atoms with Crippen LogP contribution in [0.4, 0.5) is 0 Å². The van der Waals surface area contributed by atoms with Gasteiger partial charge in [-0.25, -0.2) is 0 Å². The molecule has 0 spiro atoms. The number of rotatable bonds is 6. The van der Waals surface area contributed by atoms with Gasteiger partial charge in [0.05, 0.1) is 6.10 Å². The number of piperidine rings is 2. The second-order valence-electron chi connectivity index (χ2n) is 9.44. The topological polar surface area (TPSA) is 91.0 Å². The van der Waals surface area contributed by atoms with Gasteiger partial charge < -0.3 is 15.0 Å². The number of nitrogens with one attached hydrogen (secondary N) is 2. The van der Waals surface area contributed by atoms with E-state index >= 15 is 0 Å². The van der Waals surface area contributed by atoms with Crippen molar-refractivity contribution >= 4 is 17.7 Å². The van der Waals surface area contributed by atoms with Crippen LogP contribution >= 0.6 is 0 Å². The molecule has 8 heteroatoms. The molecule has 1 aromatic carbocycles. The quantitative estimate of drug-likeness (QED) is 0.646. The van der Waals surface area contributed by atoms with Crippen LogP contribution in [0.2, 0.25) is 0 Å². The molecule has 0 saturated carbocycles. The number of likely N-dealkylation sites (tertiary alicyclic amines) is 1. The number of carbonyl (C=O) groups excluding carboxylic acids is 3. The van der Waals surface area contributed by atoms with Gasteiger partial charge in [0.15, 0.2) is 0 Å². The van der Waals surface area contributed by atoms with Crippen LogP contribution in [-0.4, -0.2) is 72.0 Å². The van der Waals surface area contributed by atoms with Gasteiger partial charge in [-0.3, -0.25) is 24.6 Å². The molecule has 3 saturated heterocycles. The van der Waals surface area contributed by atoms with Gasteiger partial charge in [-0.2, -0.15) is 0 Å². The highest BCUT2D eigenvalue weighted by atomic mass is 16.5. The maximum Gasteiger partial charge on any atom is 0.255 e. The summed E-state index contributed by atoms with van der Waals surface area (Å²) in [4.78, 5) is 41.1. The molecular formula is C24H32N4O4. The number of ether oxygens (including phenoxy) is 1. The zero-order valence-electron chi connectivity index (χ0n) is 18.5. The Kier molecular flexibility index (Phi) is 6.26. The highest BCUT2D eigenvalue weighted by molar-refractivity contribution is 6.05. The minimum absolute atomic E-state index is 0.0850. The van der Waals surface area contributed by atoms with Gasteiger partial charge >= 0.3 is 0 Å². The van der Waals surface area contributed by atoms with Gasteiger partial charge in [0.1, 0.15) is 6.04 Å². The molecule has 4 aliphatic rings. The van der Waals surface area contributed by atoms with Crippen LogP contribution < -0.4 is 10.6 Å². The fourth-order valence-corrected chi connectivity index (χ4v) is 5.46. The van der Waals surface area contributed by atoms with Crippen LogP contribution in [0.1, 0.15) is 60.0 Å². The highest BCUT2D eigenvalue weighted by Gasteiger charge is 2.40. The Labute approximate surface area is 188 Å². The van der Waals surface area contributed by atoms with E-state index in [2.05, 4.69) is 15.5 Å². The molecule has 2 unspecified atom stereocenters. The largest absolute Gasteiger partial charge is 0.377 e. The first kappa shape index (κ1) is 21.6. The van der Waals surface area contributed by atoms with Crippen molar-refractivity contribution in [1.29, 1.82) is 0 Å². The standard InChI is InChI=1S/C24H32N4O4/c29-21-7-6-20(23(30)26-21)28-15-17-4-1-3-16(22(17)24(28)31)14-27-10-8-18(9-11-27)25-13-19-5-2-12-32-19/h1,3-4,18-20,25H,2,5-15H2,(H,26,29,30). The van der Waals surface area contributed by atoms with Crippen LogP contribution in [0.3, 0.4) is 0 Å². The SMILES string of the molecule is O=C1CCC(N2Cc3cccc(CN4CCC(NCC5CCCO5)CC4)c3C2=O)C(=O)N1. The number of amides is 3. The molecule has 4 aliphatic heterocycles. The van der Waals surface area contributed by atoms with Crippen molar-refractivity contribution in [2.75, 3.05) is 26.2 Å². The van der Waals surface area contributed by atoms with Gasteiger partial charge in [-0.15, -0.1) is 0 Å². The van der Waals surface area contributed by atoms with Gasteiger partial charge in [-0.1, -0.05) is 18.2 Å². The summed E-state index contributed by atoms with van der Waals surface area (Å²) >= 11 is 0. The lowest BCUT2D eigenvalue weighted by molar-refractivity contribution is -0.136. The summed E-state index contributed by atoms with van der Waals surface area (Å²) < 4.78 is 5.71. The van der Waals surface area contributed by atoms with Crippen LogP contribution in [0.25, 0.3) is 0 Å². The summed E-state index contributed by atoms with van der Waals surface area (Å²) in [5.41, 5.74) is 2.76. The fourth-order valence-electron chi connectivity index (χ4n) is 5.46. The van der Waals surface area contributed by atoms with Gasteiger partial charge in [0.25, 0.3) is 5.91 Å². The molecule has 4 heterocycles. The summed E-state index contributed by atoms with van der Waals surface area (Å²) in [5.74, 6) is -0.704. The van der Waals surface area contributed by atoms with Crippen molar-refractivity contribution in [3.63, 3.8) is 0 Å². The van der Waals surface area contributed by atoms with E-state index in [1.807, 2.05) is 18.2 Å². The molecular weight excluding hydrogens is 408 g/mol. The molecule has 8 nitrogen and oxygen atoms in total. The van der Waals surface area contributed by atoms with Crippen LogP contribution in [0.15, 0.2) is 18.2 Å². The molecule has 2 atom stereocenters. The molecule has 3 fully saturated rings. The third kappa shape index (κ3) is 4.44. The highest BCUT2D eigenvalue weighted by Crippen LogP contribution is 2.31. The van der Waals surface area contributed by atoms with Crippen molar-refractivity contribution in [3.05, 3.63) is 34.9 Å². The second-order valence-corrected chi connectivity index (χ2v) is 9.44. The summed E-state index contributed by atoms with van der Waals surface area (Å²) in [6.45, 7) is 5.02. The van der Waals surface area contributed by atoms with E-state index in [0.717, 1.165) is 68.7 Å². The molecule has 5 rings (SSSR count). The molecule has 1 aromatic rings. The van der Waals surface area contributed by atoms with Crippen molar-refractivity contribution in [2.24, 2.45) is 0 Å². The number of carbonyl (C=O) groups is 3. The average Bonchev–Trinajstić information content (AvgIpc) is 3.42. The molecule has 0 radical (unpaired) electrons. The predicted octanol–water partition coefficient (Wildman–Crippen LogP) is 1.18. The van der Waals surface area contributed by atoms with Crippen molar-refractivity contribution in [1.82, 2.24) is 20.4 Å². The molecule has 0 aliphatic carbocycles. The first-order valence-electron chi connectivity index (χ1n) is 11.9. The van der Waals surface area contributed by atoms with Crippen LogP contribution in [0.5, 0.6) is 0 Å². The minimum Gasteiger partial charge on any atom is -0.377 e. The normalized spacial score (nSPS) is 27.1. The van der Waals surface area contributed by atoms with Crippen molar-refractivity contribution < 1.29 is 19.1 Å². The number of fused-ring (bicyclic) bond motifs is 1. The Morgan fingerprint density at radius 3 is 2.69 bits per heavy atom. The lowest BCUT2D eigenvalue weighted by atomic mass is 10.00. The van der Waals surface area contributed by atoms with Gasteiger partial charge in [0, 0.05) is 44.3 Å². The first-order valence-corrected chi connectivity index (χ1v) is 11.9. The maximum atomic E-state index is 13.3. The van der Waals surface area contributed by atoms with E-state index in [4.69, 9.17) is 4.74 Å². The predicted molar refractivity (Wildman–Crippen MR) is 118 cm³/mol. The number of hydrogen-bond donors (Lipinski definition) is 2.